The van der Waals surface area contributed by atoms with Crippen molar-refractivity contribution in [3.05, 3.63) is 64.4 Å². The fraction of sp³-hybridized carbons (Fsp3) is 0.406. The molecule has 4 aromatic rings. The Balaban J connectivity index is 1.31. The number of aryl methyl sites for hydroxylation is 1. The lowest BCUT2D eigenvalue weighted by molar-refractivity contribution is -0.138. The maximum absolute atomic E-state index is 14.1. The van der Waals surface area contributed by atoms with E-state index in [2.05, 4.69) is 46.2 Å². The number of anilines is 1. The van der Waals surface area contributed by atoms with Crippen LogP contribution in [0.4, 0.5) is 5.82 Å². The maximum atomic E-state index is 14.1. The number of carbonyl (C=O) groups is 3. The molecule has 3 aromatic heterocycles. The number of hydrogen-bond donors (Lipinski definition) is 1. The molecular formula is C32H35BrN8O4. The zero-order chi connectivity index (χ0) is 32.0. The van der Waals surface area contributed by atoms with Gasteiger partial charge in [0.2, 0.25) is 11.8 Å². The molecule has 1 aliphatic heterocycles. The number of nitrogens with zero attached hydrogens (tertiary/aromatic N) is 7. The Labute approximate surface area is 269 Å². The van der Waals surface area contributed by atoms with Gasteiger partial charge in [-0.15, -0.1) is 0 Å². The van der Waals surface area contributed by atoms with Crippen molar-refractivity contribution in [3.63, 3.8) is 0 Å². The van der Waals surface area contributed by atoms with E-state index >= 15 is 0 Å². The van der Waals surface area contributed by atoms with Gasteiger partial charge < -0.3 is 19.9 Å². The number of nitrogens with one attached hydrogen (secondary N) is 1. The van der Waals surface area contributed by atoms with Crippen LogP contribution in [-0.4, -0.2) is 92.0 Å². The van der Waals surface area contributed by atoms with Gasteiger partial charge in [0.1, 0.15) is 34.5 Å². The van der Waals surface area contributed by atoms with Gasteiger partial charge >= 0.3 is 0 Å². The van der Waals surface area contributed by atoms with Gasteiger partial charge in [0.05, 0.1) is 12.1 Å². The van der Waals surface area contributed by atoms with Crippen LogP contribution in [0.1, 0.15) is 41.6 Å². The minimum Gasteiger partial charge on any atom is -0.380 e. The summed E-state index contributed by atoms with van der Waals surface area (Å²) in [6.07, 6.45) is 4.84. The summed E-state index contributed by atoms with van der Waals surface area (Å²) in [5.74, 6) is 0.329. The standard InChI is InChI=1S/C32H35BrN8O4/c1-18(42)29-23-10-20(22-13-34-19(2)35-14-22)6-8-24(23)40(38-29)15-28(43)41-25(11-32(12-26(32)41)17-39(3)4)31(44)37-30-21(16-45-5)7-9-27(33)36-30/h6-10,13-14,25-26H,11-12,15-17H2,1-5H3,(H,36,37,44)/t25-,26+,32-/m0/s1. The molecule has 2 fully saturated rings. The van der Waals surface area contributed by atoms with E-state index in [0.717, 1.165) is 29.7 Å². The summed E-state index contributed by atoms with van der Waals surface area (Å²) in [5.41, 5.74) is 3.16. The Morgan fingerprint density at radius 2 is 1.87 bits per heavy atom. The highest BCUT2D eigenvalue weighted by Crippen LogP contribution is 2.60. The number of carbonyl (C=O) groups excluding carboxylic acids is 3. The van der Waals surface area contributed by atoms with Gasteiger partial charge in [-0.05, 0) is 73.6 Å². The number of amides is 2. The maximum Gasteiger partial charge on any atom is 0.248 e. The number of methoxy groups -OCH3 is 1. The zero-order valence-corrected chi connectivity index (χ0v) is 27.5. The molecule has 0 unspecified atom stereocenters. The third-order valence-corrected chi connectivity index (χ3v) is 9.05. The predicted molar refractivity (Wildman–Crippen MR) is 171 cm³/mol. The molecule has 12 nitrogen and oxygen atoms in total. The van der Waals surface area contributed by atoms with E-state index in [1.54, 1.807) is 35.2 Å². The first kappa shape index (κ1) is 30.9. The molecule has 6 rings (SSSR count). The number of benzene rings is 1. The van der Waals surface area contributed by atoms with E-state index < -0.39 is 6.04 Å². The minimum atomic E-state index is -0.686. The first-order valence-electron chi connectivity index (χ1n) is 14.7. The molecule has 1 aromatic carbocycles. The Morgan fingerprint density at radius 3 is 2.56 bits per heavy atom. The van der Waals surface area contributed by atoms with E-state index in [4.69, 9.17) is 4.74 Å². The molecule has 2 aliphatic rings. The van der Waals surface area contributed by atoms with Crippen molar-refractivity contribution >= 4 is 50.2 Å². The van der Waals surface area contributed by atoms with Gasteiger partial charge in [0.25, 0.3) is 0 Å². The van der Waals surface area contributed by atoms with Gasteiger partial charge in [-0.2, -0.15) is 5.10 Å². The molecule has 234 valence electrons. The number of halogens is 1. The lowest BCUT2D eigenvalue weighted by Crippen LogP contribution is -2.47. The van der Waals surface area contributed by atoms with Crippen molar-refractivity contribution in [1.29, 1.82) is 0 Å². The number of ether oxygens (including phenoxy) is 1. The monoisotopic (exact) mass is 674 g/mol. The molecule has 13 heteroatoms. The first-order chi connectivity index (χ1) is 21.5. The van der Waals surface area contributed by atoms with Crippen LogP contribution in [0.25, 0.3) is 22.0 Å². The van der Waals surface area contributed by atoms with Crippen LogP contribution in [-0.2, 0) is 27.5 Å². The topological polar surface area (TPSA) is 135 Å². The average Bonchev–Trinajstić information content (AvgIpc) is 3.38. The van der Waals surface area contributed by atoms with Crippen LogP contribution < -0.4 is 5.32 Å². The summed E-state index contributed by atoms with van der Waals surface area (Å²) in [5, 5.41) is 8.19. The number of pyridine rings is 1. The molecule has 4 heterocycles. The zero-order valence-electron chi connectivity index (χ0n) is 25.9. The Bertz CT molecular complexity index is 1810. The highest BCUT2D eigenvalue weighted by atomic mass is 79.9. The van der Waals surface area contributed by atoms with Gasteiger partial charge in [-0.3, -0.25) is 19.1 Å². The molecular weight excluding hydrogens is 640 g/mol. The van der Waals surface area contributed by atoms with E-state index in [1.807, 2.05) is 45.3 Å². The van der Waals surface area contributed by atoms with Crippen molar-refractivity contribution in [3.8, 4) is 11.1 Å². The second-order valence-corrected chi connectivity index (χ2v) is 13.0. The summed E-state index contributed by atoms with van der Waals surface area (Å²) in [4.78, 5) is 57.5. The van der Waals surface area contributed by atoms with Gasteiger partial charge in [-0.25, -0.2) is 15.0 Å². The fourth-order valence-corrected chi connectivity index (χ4v) is 6.92. The molecule has 1 saturated carbocycles. The number of fused-ring (bicyclic) bond motifs is 2. The Hall–Kier alpha value is -4.07. The largest absolute Gasteiger partial charge is 0.380 e. The lowest BCUT2D eigenvalue weighted by Gasteiger charge is -2.27. The second-order valence-electron chi connectivity index (χ2n) is 12.2. The first-order valence-corrected chi connectivity index (χ1v) is 15.5. The molecule has 1 saturated heterocycles. The number of hydrogen-bond acceptors (Lipinski definition) is 9. The Kier molecular flexibility index (Phi) is 8.27. The summed E-state index contributed by atoms with van der Waals surface area (Å²) in [6.45, 7) is 4.21. The molecule has 1 aliphatic carbocycles. The van der Waals surface area contributed by atoms with Crippen LogP contribution in [0.3, 0.4) is 0 Å². The highest BCUT2D eigenvalue weighted by Gasteiger charge is 2.67. The molecule has 3 atom stereocenters. The van der Waals surface area contributed by atoms with Gasteiger partial charge in [0, 0.05) is 60.9 Å². The van der Waals surface area contributed by atoms with E-state index in [-0.39, 0.29) is 47.9 Å². The number of aromatic nitrogens is 5. The second kappa shape index (κ2) is 12.0. The molecule has 0 radical (unpaired) electrons. The van der Waals surface area contributed by atoms with Gasteiger partial charge in [-0.1, -0.05) is 12.1 Å². The summed E-state index contributed by atoms with van der Waals surface area (Å²) >= 11 is 3.38. The number of rotatable bonds is 10. The number of likely N-dealkylation sites (tertiary alicyclic amines) is 1. The minimum absolute atomic E-state index is 0.0701. The number of Topliss-reactive ketones (excluding diaryl/α,β-unsaturated/α-hetero) is 1. The van der Waals surface area contributed by atoms with Crippen molar-refractivity contribution in [2.75, 3.05) is 33.1 Å². The lowest BCUT2D eigenvalue weighted by atomic mass is 9.98. The van der Waals surface area contributed by atoms with Crippen molar-refractivity contribution in [2.24, 2.45) is 5.41 Å². The molecule has 2 amide bonds. The van der Waals surface area contributed by atoms with E-state index in [9.17, 15) is 14.4 Å². The van der Waals surface area contributed by atoms with Crippen LogP contribution in [0.15, 0.2) is 47.3 Å². The van der Waals surface area contributed by atoms with E-state index in [1.165, 1.54) is 6.92 Å². The normalized spacial score (nSPS) is 20.5. The molecule has 0 spiro atoms. The van der Waals surface area contributed by atoms with Crippen molar-refractivity contribution in [2.45, 2.75) is 51.9 Å². The van der Waals surface area contributed by atoms with E-state index in [0.29, 0.717) is 33.6 Å². The summed E-state index contributed by atoms with van der Waals surface area (Å²) in [6, 6.07) is 8.51. The number of ketones is 1. The summed E-state index contributed by atoms with van der Waals surface area (Å²) < 4.78 is 7.45. The molecule has 0 bridgehead atoms. The van der Waals surface area contributed by atoms with Crippen LogP contribution >= 0.6 is 15.9 Å². The number of piperidine rings is 1. The fourth-order valence-electron chi connectivity index (χ4n) is 6.61. The molecule has 45 heavy (non-hydrogen) atoms. The SMILES string of the molecule is COCc1ccc(Br)nc1NC(=O)[C@@H]1C[C@@]2(CN(C)C)C[C@H]2N1C(=O)Cn1nc(C(C)=O)c2cc(-c3cnc(C)nc3)ccc21. The average molecular weight is 676 g/mol. The van der Waals surface area contributed by atoms with Crippen LogP contribution in [0, 0.1) is 12.3 Å². The third kappa shape index (κ3) is 5.99. The molecule has 1 N–H and O–H groups in total. The van der Waals surface area contributed by atoms with Crippen molar-refractivity contribution < 1.29 is 19.1 Å². The quantitative estimate of drug-likeness (QED) is 0.196. The van der Waals surface area contributed by atoms with Gasteiger partial charge in [0.15, 0.2) is 5.78 Å². The Morgan fingerprint density at radius 1 is 1.11 bits per heavy atom. The van der Waals surface area contributed by atoms with Crippen LogP contribution in [0.5, 0.6) is 0 Å². The van der Waals surface area contributed by atoms with Crippen LogP contribution in [0.2, 0.25) is 0 Å². The van der Waals surface area contributed by atoms with Crippen molar-refractivity contribution in [1.82, 2.24) is 34.5 Å². The predicted octanol–water partition coefficient (Wildman–Crippen LogP) is 3.87. The third-order valence-electron chi connectivity index (χ3n) is 8.61. The highest BCUT2D eigenvalue weighted by molar-refractivity contribution is 9.10. The summed E-state index contributed by atoms with van der Waals surface area (Å²) in [7, 11) is 5.59. The smallest absolute Gasteiger partial charge is 0.248 e.